The maximum Gasteiger partial charge on any atom is 0.336 e. The van der Waals surface area contributed by atoms with E-state index in [1.54, 1.807) is 32.9 Å². The van der Waals surface area contributed by atoms with Gasteiger partial charge in [0, 0.05) is 31.4 Å². The maximum atomic E-state index is 12.8. The quantitative estimate of drug-likeness (QED) is 0.347. The van der Waals surface area contributed by atoms with Crippen LogP contribution in [0.15, 0.2) is 35.2 Å². The van der Waals surface area contributed by atoms with Gasteiger partial charge in [0.2, 0.25) is 0 Å². The molecular formula is C19H19Cl2NO3S2. The van der Waals surface area contributed by atoms with Crippen molar-refractivity contribution in [3.05, 3.63) is 51.5 Å². The summed E-state index contributed by atoms with van der Waals surface area (Å²) in [6.07, 6.45) is 1.83. The Morgan fingerprint density at radius 2 is 1.78 bits per heavy atom. The molecule has 2 aromatic rings. The van der Waals surface area contributed by atoms with Gasteiger partial charge in [0.05, 0.1) is 21.4 Å². The predicted molar refractivity (Wildman–Crippen MR) is 115 cm³/mol. The molecule has 2 rings (SSSR count). The van der Waals surface area contributed by atoms with Gasteiger partial charge >= 0.3 is 5.97 Å². The lowest BCUT2D eigenvalue weighted by Crippen LogP contribution is -2.28. The van der Waals surface area contributed by atoms with Gasteiger partial charge in [0.1, 0.15) is 5.04 Å². The summed E-state index contributed by atoms with van der Waals surface area (Å²) >= 11 is 14.0. The van der Waals surface area contributed by atoms with Gasteiger partial charge < -0.3 is 5.11 Å². The predicted octanol–water partition coefficient (Wildman–Crippen LogP) is 5.95. The first-order valence-corrected chi connectivity index (χ1v) is 11.0. The standard InChI is InChI=1S/C19H19Cl2NO3S2/c1-19(2,3)27(25)17(22)12-8-10(20)9-13(21)15(12)16-11(18(23)24)6-5-7-14(16)26-4/h5-9,22H,1-4H3,(H,23,24). The summed E-state index contributed by atoms with van der Waals surface area (Å²) in [6.45, 7) is 5.30. The molecule has 0 aliphatic carbocycles. The summed E-state index contributed by atoms with van der Waals surface area (Å²) in [4.78, 5) is 12.5. The molecule has 1 unspecified atom stereocenters. The molecule has 0 bridgehead atoms. The molecule has 0 aliphatic heterocycles. The van der Waals surface area contributed by atoms with Crippen LogP contribution >= 0.6 is 35.0 Å². The molecule has 0 amide bonds. The van der Waals surface area contributed by atoms with Crippen molar-refractivity contribution in [3.8, 4) is 11.1 Å². The summed E-state index contributed by atoms with van der Waals surface area (Å²) < 4.78 is 12.2. The van der Waals surface area contributed by atoms with Crippen molar-refractivity contribution in [2.75, 3.05) is 6.26 Å². The fourth-order valence-electron chi connectivity index (χ4n) is 2.55. The Balaban J connectivity index is 2.90. The van der Waals surface area contributed by atoms with Crippen LogP contribution in [-0.2, 0) is 10.8 Å². The van der Waals surface area contributed by atoms with E-state index in [9.17, 15) is 14.1 Å². The third-order valence-corrected chi connectivity index (χ3v) is 6.77. The molecular weight excluding hydrogens is 425 g/mol. The Kier molecular flexibility index (Phi) is 6.79. The van der Waals surface area contributed by atoms with Gasteiger partial charge in [-0.2, -0.15) is 0 Å². The summed E-state index contributed by atoms with van der Waals surface area (Å²) in [5.74, 6) is -1.11. The summed E-state index contributed by atoms with van der Waals surface area (Å²) in [6, 6.07) is 7.93. The highest BCUT2D eigenvalue weighted by Crippen LogP contribution is 2.42. The number of hydrogen-bond donors (Lipinski definition) is 2. The highest BCUT2D eigenvalue weighted by molar-refractivity contribution is 8.02. The van der Waals surface area contributed by atoms with Crippen molar-refractivity contribution >= 4 is 56.8 Å². The molecule has 1 atom stereocenters. The molecule has 2 aromatic carbocycles. The molecule has 0 radical (unpaired) electrons. The van der Waals surface area contributed by atoms with Crippen LogP contribution in [0.25, 0.3) is 11.1 Å². The second kappa shape index (κ2) is 8.35. The Bertz CT molecular complexity index is 953. The van der Waals surface area contributed by atoms with Gasteiger partial charge in [-0.05, 0) is 51.3 Å². The van der Waals surface area contributed by atoms with Crippen LogP contribution in [0.1, 0.15) is 36.7 Å². The second-order valence-electron chi connectivity index (χ2n) is 6.71. The molecule has 27 heavy (non-hydrogen) atoms. The largest absolute Gasteiger partial charge is 0.478 e. The minimum atomic E-state index is -1.65. The number of hydrogen-bond acceptors (Lipinski definition) is 4. The number of halogens is 2. The molecule has 0 fully saturated rings. The fraction of sp³-hybridized carbons (Fsp3) is 0.263. The monoisotopic (exact) mass is 443 g/mol. The number of benzene rings is 2. The van der Waals surface area contributed by atoms with E-state index in [1.165, 1.54) is 30.0 Å². The smallest absolute Gasteiger partial charge is 0.336 e. The second-order valence-corrected chi connectivity index (χ2v) is 10.6. The molecule has 0 heterocycles. The highest BCUT2D eigenvalue weighted by atomic mass is 35.5. The van der Waals surface area contributed by atoms with Gasteiger partial charge in [-0.15, -0.1) is 11.8 Å². The van der Waals surface area contributed by atoms with Crippen molar-refractivity contribution in [1.82, 2.24) is 0 Å². The first-order valence-electron chi connectivity index (χ1n) is 7.89. The lowest BCUT2D eigenvalue weighted by Gasteiger charge is -2.22. The van der Waals surface area contributed by atoms with Crippen molar-refractivity contribution in [1.29, 1.82) is 5.41 Å². The zero-order chi connectivity index (χ0) is 20.5. The van der Waals surface area contributed by atoms with E-state index >= 15 is 0 Å². The number of carbonyl (C=O) groups is 1. The van der Waals surface area contributed by atoms with E-state index in [-0.39, 0.29) is 26.2 Å². The average Bonchev–Trinajstić information content (AvgIpc) is 2.58. The minimum absolute atomic E-state index is 0.0571. The number of carboxylic acid groups (broad SMARTS) is 1. The van der Waals surface area contributed by atoms with Gasteiger partial charge in [0.15, 0.2) is 0 Å². The van der Waals surface area contributed by atoms with Gasteiger partial charge in [-0.3, -0.25) is 9.62 Å². The molecule has 2 N–H and O–H groups in total. The molecule has 8 heteroatoms. The average molecular weight is 444 g/mol. The number of carboxylic acids is 1. The van der Waals surface area contributed by atoms with Crippen LogP contribution in [0, 0.1) is 5.41 Å². The lowest BCUT2D eigenvalue weighted by atomic mass is 9.95. The highest BCUT2D eigenvalue weighted by Gasteiger charge is 2.29. The zero-order valence-electron chi connectivity index (χ0n) is 15.2. The van der Waals surface area contributed by atoms with Gasteiger partial charge in [-0.25, -0.2) is 4.79 Å². The summed E-state index contributed by atoms with van der Waals surface area (Å²) in [5.41, 5.74) is 1.07. The van der Waals surface area contributed by atoms with Crippen molar-refractivity contribution in [2.45, 2.75) is 30.4 Å². The van der Waals surface area contributed by atoms with Crippen LogP contribution in [-0.4, -0.2) is 31.3 Å². The molecule has 0 saturated carbocycles. The van der Waals surface area contributed by atoms with E-state index in [0.717, 1.165) is 0 Å². The van der Waals surface area contributed by atoms with E-state index in [0.29, 0.717) is 16.0 Å². The Labute approximate surface area is 175 Å². The van der Waals surface area contributed by atoms with Crippen LogP contribution in [0.4, 0.5) is 0 Å². The summed E-state index contributed by atoms with van der Waals surface area (Å²) in [5, 5.41) is 18.5. The van der Waals surface area contributed by atoms with Crippen LogP contribution < -0.4 is 0 Å². The van der Waals surface area contributed by atoms with E-state index < -0.39 is 21.5 Å². The number of aromatic carboxylic acids is 1. The third-order valence-electron chi connectivity index (χ3n) is 3.77. The van der Waals surface area contributed by atoms with Crippen molar-refractivity contribution < 1.29 is 14.1 Å². The minimum Gasteiger partial charge on any atom is -0.478 e. The zero-order valence-corrected chi connectivity index (χ0v) is 18.4. The number of thioether (sulfide) groups is 1. The van der Waals surface area contributed by atoms with Crippen molar-refractivity contribution in [2.24, 2.45) is 0 Å². The molecule has 144 valence electrons. The molecule has 0 spiro atoms. The van der Waals surface area contributed by atoms with Crippen LogP contribution in [0.2, 0.25) is 10.0 Å². The first-order chi connectivity index (χ1) is 12.5. The summed E-state index contributed by atoms with van der Waals surface area (Å²) in [7, 11) is -1.65. The van der Waals surface area contributed by atoms with Gasteiger partial charge in [-0.1, -0.05) is 29.3 Å². The number of nitrogens with one attached hydrogen (secondary N) is 1. The van der Waals surface area contributed by atoms with Crippen LogP contribution in [0.5, 0.6) is 0 Å². The Hall–Kier alpha value is -1.34. The molecule has 0 aliphatic rings. The van der Waals surface area contributed by atoms with E-state index in [2.05, 4.69) is 0 Å². The Morgan fingerprint density at radius 3 is 2.30 bits per heavy atom. The van der Waals surface area contributed by atoms with E-state index in [4.69, 9.17) is 28.6 Å². The molecule has 0 aromatic heterocycles. The lowest BCUT2D eigenvalue weighted by molar-refractivity contribution is 0.0697. The topological polar surface area (TPSA) is 78.2 Å². The van der Waals surface area contributed by atoms with Gasteiger partial charge in [0.25, 0.3) is 0 Å². The van der Waals surface area contributed by atoms with E-state index in [1.807, 2.05) is 6.26 Å². The first kappa shape index (κ1) is 22.0. The normalized spacial score (nSPS) is 12.7. The Morgan fingerprint density at radius 1 is 1.15 bits per heavy atom. The fourth-order valence-corrected chi connectivity index (χ4v) is 4.74. The van der Waals surface area contributed by atoms with Crippen molar-refractivity contribution in [3.63, 3.8) is 0 Å². The molecule has 0 saturated heterocycles. The maximum absolute atomic E-state index is 12.8. The number of rotatable bonds is 4. The molecule has 4 nitrogen and oxygen atoms in total. The SMILES string of the molecule is CSc1cccc(C(=O)O)c1-c1c(Cl)cc(Cl)cc1C(=N)S(=O)C(C)(C)C. The van der Waals surface area contributed by atoms with Crippen LogP contribution in [0.3, 0.4) is 0 Å². The third kappa shape index (κ3) is 4.57.